The number of hydrogen-bond donors (Lipinski definition) is 0. The van der Waals surface area contributed by atoms with Gasteiger partial charge in [-0.15, -0.1) is 0 Å². The Morgan fingerprint density at radius 2 is 1.75 bits per heavy atom. The monoisotopic (exact) mass is 368 g/mol. The van der Waals surface area contributed by atoms with Crippen molar-refractivity contribution in [2.45, 2.75) is 62.7 Å². The number of carbonyl (C=O) groups excluding carboxylic acids is 2. The van der Waals surface area contributed by atoms with E-state index in [2.05, 4.69) is 4.74 Å². The number of rotatable bonds is 6. The summed E-state index contributed by atoms with van der Waals surface area (Å²) < 4.78 is 95.6. The van der Waals surface area contributed by atoms with E-state index in [9.17, 15) is 40.3 Å². The summed E-state index contributed by atoms with van der Waals surface area (Å²) in [5, 5.41) is 0. The Morgan fingerprint density at radius 3 is 2.33 bits per heavy atom. The molecule has 24 heavy (non-hydrogen) atoms. The Bertz CT molecular complexity index is 462. The number of hydrogen-bond acceptors (Lipinski definition) is 4. The summed E-state index contributed by atoms with van der Waals surface area (Å²) in [4.78, 5) is 22.4. The molecule has 4 nitrogen and oxygen atoms in total. The van der Waals surface area contributed by atoms with Crippen molar-refractivity contribution in [3.8, 4) is 0 Å². The molecule has 1 aliphatic rings. The largest absolute Gasteiger partial charge is 0.462 e. The van der Waals surface area contributed by atoms with Crippen LogP contribution < -0.4 is 0 Å². The molecular formula is C13H15F7O4. The van der Waals surface area contributed by atoms with E-state index in [1.54, 1.807) is 0 Å². The third kappa shape index (κ3) is 5.23. The van der Waals surface area contributed by atoms with Gasteiger partial charge in [-0.25, -0.2) is 0 Å². The van der Waals surface area contributed by atoms with E-state index in [1.165, 1.54) is 0 Å². The van der Waals surface area contributed by atoms with E-state index in [-0.39, 0.29) is 12.8 Å². The van der Waals surface area contributed by atoms with Crippen LogP contribution in [0.2, 0.25) is 0 Å². The first-order valence-corrected chi connectivity index (χ1v) is 7.04. The van der Waals surface area contributed by atoms with Crippen LogP contribution in [0.5, 0.6) is 0 Å². The van der Waals surface area contributed by atoms with Crippen molar-refractivity contribution < 1.29 is 49.8 Å². The summed E-state index contributed by atoms with van der Waals surface area (Å²) in [6.07, 6.45) is -5.89. The maximum absolute atomic E-state index is 12.9. The number of alkyl halides is 7. The molecule has 0 amide bonds. The summed E-state index contributed by atoms with van der Waals surface area (Å²) in [7, 11) is 0. The average molecular weight is 368 g/mol. The molecule has 11 heteroatoms. The Hall–Kier alpha value is -1.55. The second-order valence-electron chi connectivity index (χ2n) is 5.33. The van der Waals surface area contributed by atoms with Crippen molar-refractivity contribution in [2.24, 2.45) is 0 Å². The van der Waals surface area contributed by atoms with Gasteiger partial charge < -0.3 is 9.47 Å². The van der Waals surface area contributed by atoms with Crippen LogP contribution in [0.4, 0.5) is 30.7 Å². The fourth-order valence-electron chi connectivity index (χ4n) is 1.97. The van der Waals surface area contributed by atoms with Crippen LogP contribution in [-0.2, 0) is 19.1 Å². The topological polar surface area (TPSA) is 52.6 Å². The van der Waals surface area contributed by atoms with Gasteiger partial charge in [0.25, 0.3) is 0 Å². The van der Waals surface area contributed by atoms with E-state index < -0.39 is 49.1 Å². The van der Waals surface area contributed by atoms with Gasteiger partial charge in [0, 0.05) is 12.8 Å². The number of esters is 2. The highest BCUT2D eigenvalue weighted by Crippen LogP contribution is 2.46. The summed E-state index contributed by atoms with van der Waals surface area (Å²) in [6, 6.07) is 0. The Balaban J connectivity index is 2.46. The van der Waals surface area contributed by atoms with Crippen molar-refractivity contribution in [3.63, 3.8) is 0 Å². The van der Waals surface area contributed by atoms with E-state index in [1.807, 2.05) is 0 Å². The lowest BCUT2D eigenvalue weighted by molar-refractivity contribution is -0.359. The first-order chi connectivity index (χ1) is 10.9. The zero-order valence-corrected chi connectivity index (χ0v) is 12.3. The maximum Gasteiger partial charge on any atom is 0.460 e. The van der Waals surface area contributed by atoms with Crippen LogP contribution in [0.15, 0.2) is 0 Å². The minimum Gasteiger partial charge on any atom is -0.462 e. The predicted molar refractivity (Wildman–Crippen MR) is 64.5 cm³/mol. The molecule has 0 aromatic rings. The molecule has 1 atom stereocenters. The van der Waals surface area contributed by atoms with Crippen molar-refractivity contribution in [1.29, 1.82) is 0 Å². The predicted octanol–water partition coefficient (Wildman–Crippen LogP) is 3.63. The lowest BCUT2D eigenvalue weighted by atomic mass is 10.1. The number of cyclic esters (lactones) is 1. The summed E-state index contributed by atoms with van der Waals surface area (Å²) >= 11 is 0. The minimum atomic E-state index is -6.47. The molecule has 0 aromatic carbocycles. The molecule has 1 heterocycles. The standard InChI is InChI=1S/C13H15F7O4/c14-11(15,12(16,17)13(18,19)20)7-23-9(21)6-5-8-3-1-2-4-10(22)24-8/h8H,1-7H2. The van der Waals surface area contributed by atoms with Gasteiger partial charge in [-0.1, -0.05) is 0 Å². The average Bonchev–Trinajstić information content (AvgIpc) is 2.66. The zero-order valence-electron chi connectivity index (χ0n) is 12.3. The number of halogens is 7. The van der Waals surface area contributed by atoms with E-state index >= 15 is 0 Å². The molecule has 0 N–H and O–H groups in total. The number of ether oxygens (including phenoxy) is 2. The molecule has 0 spiro atoms. The fraction of sp³-hybridized carbons (Fsp3) is 0.846. The molecule has 0 radical (unpaired) electrons. The van der Waals surface area contributed by atoms with Crippen molar-refractivity contribution in [1.82, 2.24) is 0 Å². The van der Waals surface area contributed by atoms with Gasteiger partial charge in [-0.2, -0.15) is 30.7 Å². The molecule has 0 saturated carbocycles. The van der Waals surface area contributed by atoms with Crippen LogP contribution in [-0.4, -0.2) is 42.7 Å². The van der Waals surface area contributed by atoms with Crippen molar-refractivity contribution in [3.05, 3.63) is 0 Å². The highest BCUT2D eigenvalue weighted by Gasteiger charge is 2.73. The van der Waals surface area contributed by atoms with Gasteiger partial charge in [-0.3, -0.25) is 9.59 Å². The van der Waals surface area contributed by atoms with Crippen LogP contribution in [0.1, 0.15) is 38.5 Å². The molecule has 1 aliphatic heterocycles. The molecular weight excluding hydrogens is 353 g/mol. The van der Waals surface area contributed by atoms with Crippen LogP contribution in [0.25, 0.3) is 0 Å². The molecule has 1 fully saturated rings. The second-order valence-corrected chi connectivity index (χ2v) is 5.33. The summed E-state index contributed by atoms with van der Waals surface area (Å²) in [5.74, 6) is -13.8. The zero-order chi connectivity index (χ0) is 18.6. The molecule has 1 saturated heterocycles. The van der Waals surface area contributed by atoms with Crippen LogP contribution >= 0.6 is 0 Å². The van der Waals surface area contributed by atoms with Gasteiger partial charge in [0.15, 0.2) is 6.61 Å². The Morgan fingerprint density at radius 1 is 1.12 bits per heavy atom. The molecule has 0 aliphatic carbocycles. The van der Waals surface area contributed by atoms with Gasteiger partial charge in [0.1, 0.15) is 6.10 Å². The summed E-state index contributed by atoms with van der Waals surface area (Å²) in [5.41, 5.74) is 0. The van der Waals surface area contributed by atoms with Gasteiger partial charge in [0.2, 0.25) is 0 Å². The van der Waals surface area contributed by atoms with E-state index in [0.29, 0.717) is 19.3 Å². The lowest BCUT2D eigenvalue weighted by Gasteiger charge is -2.27. The second kappa shape index (κ2) is 7.56. The smallest absolute Gasteiger partial charge is 0.460 e. The SMILES string of the molecule is O=C(CCC1CCCCC(=O)O1)OCC(F)(F)C(F)(F)C(F)(F)F. The molecule has 0 aromatic heterocycles. The minimum absolute atomic E-state index is 0.0915. The highest BCUT2D eigenvalue weighted by molar-refractivity contribution is 5.70. The maximum atomic E-state index is 12.9. The number of carbonyl (C=O) groups is 2. The van der Waals surface area contributed by atoms with Gasteiger partial charge in [0.05, 0.1) is 0 Å². The third-order valence-corrected chi connectivity index (χ3v) is 3.36. The van der Waals surface area contributed by atoms with Gasteiger partial charge in [-0.05, 0) is 25.7 Å². The quantitative estimate of drug-likeness (QED) is 0.531. The summed E-state index contributed by atoms with van der Waals surface area (Å²) in [6.45, 7) is -2.40. The Kier molecular flexibility index (Phi) is 6.45. The normalized spacial score (nSPS) is 20.3. The molecule has 1 unspecified atom stereocenters. The lowest BCUT2D eigenvalue weighted by Crippen LogP contribution is -2.54. The molecule has 140 valence electrons. The van der Waals surface area contributed by atoms with Crippen molar-refractivity contribution >= 4 is 11.9 Å². The molecule has 1 rings (SSSR count). The van der Waals surface area contributed by atoms with E-state index in [0.717, 1.165) is 0 Å². The first-order valence-electron chi connectivity index (χ1n) is 7.04. The van der Waals surface area contributed by atoms with Crippen LogP contribution in [0, 0.1) is 0 Å². The Labute approximate surface area is 132 Å². The van der Waals surface area contributed by atoms with Gasteiger partial charge >= 0.3 is 30.0 Å². The van der Waals surface area contributed by atoms with Crippen molar-refractivity contribution in [2.75, 3.05) is 6.61 Å². The molecule has 0 bridgehead atoms. The fourth-order valence-corrected chi connectivity index (χ4v) is 1.97. The highest BCUT2D eigenvalue weighted by atomic mass is 19.4. The first kappa shape index (κ1) is 20.5. The van der Waals surface area contributed by atoms with E-state index in [4.69, 9.17) is 4.74 Å². The third-order valence-electron chi connectivity index (χ3n) is 3.36. The van der Waals surface area contributed by atoms with Crippen LogP contribution in [0.3, 0.4) is 0 Å².